The molecular weight excluding hydrogens is 236 g/mol. The van der Waals surface area contributed by atoms with Gasteiger partial charge in [-0.05, 0) is 62.2 Å². The fourth-order valence-corrected chi connectivity index (χ4v) is 5.54. The summed E-state index contributed by atoms with van der Waals surface area (Å²) in [5, 5.41) is 3.14. The van der Waals surface area contributed by atoms with Crippen LogP contribution >= 0.6 is 0 Å². The van der Waals surface area contributed by atoms with Crippen molar-refractivity contribution in [2.75, 3.05) is 6.54 Å². The van der Waals surface area contributed by atoms with Gasteiger partial charge < -0.3 is 11.1 Å². The maximum atomic E-state index is 12.7. The zero-order chi connectivity index (χ0) is 13.7. The van der Waals surface area contributed by atoms with Crippen LogP contribution in [0.15, 0.2) is 0 Å². The normalized spacial score (nSPS) is 45.2. The van der Waals surface area contributed by atoms with E-state index in [1.165, 1.54) is 19.3 Å². The molecule has 108 valence electrons. The molecule has 3 unspecified atom stereocenters. The Hall–Kier alpha value is -0.570. The lowest BCUT2D eigenvalue weighted by molar-refractivity contribution is -0.155. The van der Waals surface area contributed by atoms with E-state index < -0.39 is 0 Å². The molecule has 0 aromatic rings. The van der Waals surface area contributed by atoms with Crippen LogP contribution in [0.25, 0.3) is 0 Å². The monoisotopic (exact) mass is 264 g/mol. The number of rotatable bonds is 4. The van der Waals surface area contributed by atoms with Crippen LogP contribution in [0.4, 0.5) is 0 Å². The molecule has 3 N–H and O–H groups in total. The molecule has 0 aromatic heterocycles. The lowest BCUT2D eigenvalue weighted by Gasteiger charge is -2.60. The Balaban J connectivity index is 1.71. The van der Waals surface area contributed by atoms with E-state index in [0.29, 0.717) is 17.9 Å². The summed E-state index contributed by atoms with van der Waals surface area (Å²) in [7, 11) is 0. The van der Waals surface area contributed by atoms with E-state index in [-0.39, 0.29) is 11.5 Å². The molecule has 0 spiro atoms. The average molecular weight is 264 g/mol. The highest BCUT2D eigenvalue weighted by Gasteiger charge is 2.58. The molecule has 3 heteroatoms. The molecule has 0 aromatic carbocycles. The fourth-order valence-electron chi connectivity index (χ4n) is 5.54. The highest BCUT2D eigenvalue weighted by Crippen LogP contribution is 2.65. The minimum absolute atomic E-state index is 0.0493. The number of nitrogens with two attached hydrogens (primary N) is 1. The van der Waals surface area contributed by atoms with Crippen LogP contribution < -0.4 is 11.1 Å². The Morgan fingerprint density at radius 3 is 2.47 bits per heavy atom. The van der Waals surface area contributed by atoms with Gasteiger partial charge in [0.15, 0.2) is 0 Å². The first-order chi connectivity index (χ1) is 8.95. The first-order valence-electron chi connectivity index (χ1n) is 7.99. The first kappa shape index (κ1) is 13.4. The second-order valence-electron chi connectivity index (χ2n) is 7.93. The molecule has 3 atom stereocenters. The number of carbonyl (C=O) groups excluding carboxylic acids is 1. The van der Waals surface area contributed by atoms with E-state index >= 15 is 0 Å². The molecule has 4 saturated carbocycles. The van der Waals surface area contributed by atoms with Crippen molar-refractivity contribution in [1.29, 1.82) is 0 Å². The van der Waals surface area contributed by atoms with Gasteiger partial charge in [0, 0.05) is 12.6 Å². The molecule has 19 heavy (non-hydrogen) atoms. The summed E-state index contributed by atoms with van der Waals surface area (Å²) >= 11 is 0. The van der Waals surface area contributed by atoms with Gasteiger partial charge in [0.25, 0.3) is 0 Å². The van der Waals surface area contributed by atoms with Crippen LogP contribution in [0.3, 0.4) is 0 Å². The number of amides is 1. The SMILES string of the molecule is CCC(N)CNC(=O)C12CC3CC(CC(C)(C3)C1)C2. The van der Waals surface area contributed by atoms with Gasteiger partial charge in [-0.2, -0.15) is 0 Å². The van der Waals surface area contributed by atoms with Gasteiger partial charge in [-0.25, -0.2) is 0 Å². The van der Waals surface area contributed by atoms with E-state index in [1.54, 1.807) is 0 Å². The number of nitrogens with one attached hydrogen (secondary N) is 1. The third-order valence-corrected chi connectivity index (χ3v) is 5.88. The second-order valence-corrected chi connectivity index (χ2v) is 7.93. The summed E-state index contributed by atoms with van der Waals surface area (Å²) < 4.78 is 0. The Kier molecular flexibility index (Phi) is 3.16. The van der Waals surface area contributed by atoms with Crippen LogP contribution in [0.1, 0.15) is 58.8 Å². The van der Waals surface area contributed by atoms with Crippen LogP contribution in [0.5, 0.6) is 0 Å². The summed E-state index contributed by atoms with van der Waals surface area (Å²) in [6, 6.07) is 0.105. The van der Waals surface area contributed by atoms with Crippen molar-refractivity contribution in [3.63, 3.8) is 0 Å². The Bertz CT molecular complexity index is 365. The Morgan fingerprint density at radius 2 is 1.95 bits per heavy atom. The summed E-state index contributed by atoms with van der Waals surface area (Å²) in [5.41, 5.74) is 6.31. The second kappa shape index (κ2) is 4.47. The van der Waals surface area contributed by atoms with Gasteiger partial charge in [-0.15, -0.1) is 0 Å². The molecule has 0 heterocycles. The van der Waals surface area contributed by atoms with E-state index in [1.807, 2.05) is 0 Å². The molecule has 1 amide bonds. The molecule has 4 bridgehead atoms. The lowest BCUT2D eigenvalue weighted by Crippen LogP contribution is -2.57. The minimum Gasteiger partial charge on any atom is -0.354 e. The molecule has 0 aliphatic heterocycles. The Morgan fingerprint density at radius 1 is 1.32 bits per heavy atom. The van der Waals surface area contributed by atoms with Gasteiger partial charge in [0.05, 0.1) is 5.41 Å². The maximum Gasteiger partial charge on any atom is 0.226 e. The Labute approximate surface area is 116 Å². The predicted molar refractivity (Wildman–Crippen MR) is 76.5 cm³/mol. The number of hydrogen-bond donors (Lipinski definition) is 2. The maximum absolute atomic E-state index is 12.7. The van der Waals surface area contributed by atoms with Crippen LogP contribution in [-0.2, 0) is 4.79 Å². The molecular formula is C16H28N2O. The largest absolute Gasteiger partial charge is 0.354 e. The van der Waals surface area contributed by atoms with Gasteiger partial charge in [-0.1, -0.05) is 13.8 Å². The summed E-state index contributed by atoms with van der Waals surface area (Å²) in [6.45, 7) is 5.12. The number of carbonyl (C=O) groups is 1. The number of hydrogen-bond acceptors (Lipinski definition) is 2. The average Bonchev–Trinajstić information content (AvgIpc) is 2.32. The lowest BCUT2D eigenvalue weighted by atomic mass is 9.44. The minimum atomic E-state index is -0.0493. The van der Waals surface area contributed by atoms with Crippen molar-refractivity contribution in [1.82, 2.24) is 5.32 Å². The van der Waals surface area contributed by atoms with E-state index in [0.717, 1.165) is 37.5 Å². The standard InChI is InChI=1S/C16H28N2O/c1-3-13(17)9-18-14(19)16-7-11-4-12(8-16)6-15(2,5-11)10-16/h11-13H,3-10,17H2,1-2H3,(H,18,19). The topological polar surface area (TPSA) is 55.1 Å². The van der Waals surface area contributed by atoms with Gasteiger partial charge in [-0.3, -0.25) is 4.79 Å². The molecule has 4 aliphatic rings. The van der Waals surface area contributed by atoms with Crippen molar-refractivity contribution in [3.8, 4) is 0 Å². The molecule has 3 nitrogen and oxygen atoms in total. The first-order valence-corrected chi connectivity index (χ1v) is 7.99. The van der Waals surface area contributed by atoms with Crippen LogP contribution in [0, 0.1) is 22.7 Å². The highest BCUT2D eigenvalue weighted by molar-refractivity contribution is 5.83. The van der Waals surface area contributed by atoms with Crippen molar-refractivity contribution < 1.29 is 4.79 Å². The van der Waals surface area contributed by atoms with Crippen molar-refractivity contribution in [2.24, 2.45) is 28.4 Å². The molecule has 0 radical (unpaired) electrons. The third-order valence-electron chi connectivity index (χ3n) is 5.88. The molecule has 0 saturated heterocycles. The van der Waals surface area contributed by atoms with Gasteiger partial charge in [0.2, 0.25) is 5.91 Å². The molecule has 4 rings (SSSR count). The zero-order valence-corrected chi connectivity index (χ0v) is 12.4. The molecule has 4 aliphatic carbocycles. The summed E-state index contributed by atoms with van der Waals surface area (Å²) in [6.07, 6.45) is 8.38. The summed E-state index contributed by atoms with van der Waals surface area (Å²) in [4.78, 5) is 12.7. The summed E-state index contributed by atoms with van der Waals surface area (Å²) in [5.74, 6) is 1.91. The van der Waals surface area contributed by atoms with E-state index in [9.17, 15) is 4.79 Å². The van der Waals surface area contributed by atoms with E-state index in [4.69, 9.17) is 5.73 Å². The van der Waals surface area contributed by atoms with Crippen molar-refractivity contribution in [2.45, 2.75) is 64.8 Å². The quantitative estimate of drug-likeness (QED) is 0.819. The van der Waals surface area contributed by atoms with Crippen molar-refractivity contribution >= 4 is 5.91 Å². The zero-order valence-electron chi connectivity index (χ0n) is 12.4. The predicted octanol–water partition coefficient (Wildman–Crippen LogP) is 2.45. The van der Waals surface area contributed by atoms with Crippen LogP contribution in [-0.4, -0.2) is 18.5 Å². The van der Waals surface area contributed by atoms with Crippen LogP contribution in [0.2, 0.25) is 0 Å². The van der Waals surface area contributed by atoms with E-state index in [2.05, 4.69) is 19.2 Å². The van der Waals surface area contributed by atoms with Gasteiger partial charge in [0.1, 0.15) is 0 Å². The van der Waals surface area contributed by atoms with Crippen molar-refractivity contribution in [3.05, 3.63) is 0 Å². The smallest absolute Gasteiger partial charge is 0.226 e. The third kappa shape index (κ3) is 2.31. The highest BCUT2D eigenvalue weighted by atomic mass is 16.2. The molecule has 4 fully saturated rings. The fraction of sp³-hybridized carbons (Fsp3) is 0.938. The van der Waals surface area contributed by atoms with Gasteiger partial charge >= 0.3 is 0 Å².